The normalized spacial score (nSPS) is 13.1. The number of amides is 1. The summed E-state index contributed by atoms with van der Waals surface area (Å²) in [5.41, 5.74) is 4.65. The highest BCUT2D eigenvalue weighted by Gasteiger charge is 2.24. The number of nitrogens with zero attached hydrogens (tertiary/aromatic N) is 1. The summed E-state index contributed by atoms with van der Waals surface area (Å²) in [6.07, 6.45) is 0.922. The molecule has 0 atom stereocenters. The van der Waals surface area contributed by atoms with Crippen LogP contribution in [-0.2, 0) is 11.2 Å². The number of para-hydroxylation sites is 1. The summed E-state index contributed by atoms with van der Waals surface area (Å²) in [7, 11) is 0. The number of hydrogen-bond donors (Lipinski definition) is 0. The lowest BCUT2D eigenvalue weighted by Crippen LogP contribution is -2.33. The fourth-order valence-electron chi connectivity index (χ4n) is 2.62. The van der Waals surface area contributed by atoms with Gasteiger partial charge in [-0.1, -0.05) is 24.3 Å². The zero-order chi connectivity index (χ0) is 14.8. The Balaban J connectivity index is 1.66. The van der Waals surface area contributed by atoms with Crippen LogP contribution in [0.4, 0.5) is 5.69 Å². The van der Waals surface area contributed by atoms with Crippen LogP contribution in [0.5, 0.6) is 5.75 Å². The minimum absolute atomic E-state index is 0.0122. The number of aryl methyl sites for hydroxylation is 2. The number of anilines is 1. The van der Waals surface area contributed by atoms with E-state index in [1.807, 2.05) is 48.2 Å². The third kappa shape index (κ3) is 2.77. The molecule has 0 bridgehead atoms. The molecule has 0 saturated carbocycles. The third-order valence-electron chi connectivity index (χ3n) is 4.03. The van der Waals surface area contributed by atoms with E-state index in [4.69, 9.17) is 4.74 Å². The lowest BCUT2D eigenvalue weighted by Gasteiger charge is -2.17. The second-order valence-electron chi connectivity index (χ2n) is 5.46. The fraction of sp³-hybridized carbons (Fsp3) is 0.278. The van der Waals surface area contributed by atoms with Crippen molar-refractivity contribution in [2.24, 2.45) is 0 Å². The smallest absolute Gasteiger partial charge is 0.264 e. The monoisotopic (exact) mass is 281 g/mol. The molecule has 3 heteroatoms. The number of carbonyl (C=O) groups is 1. The number of ether oxygens (including phenoxy) is 1. The van der Waals surface area contributed by atoms with Crippen LogP contribution >= 0.6 is 0 Å². The number of benzene rings is 2. The fourth-order valence-corrected chi connectivity index (χ4v) is 2.62. The third-order valence-corrected chi connectivity index (χ3v) is 4.03. The van der Waals surface area contributed by atoms with Gasteiger partial charge in [-0.2, -0.15) is 0 Å². The van der Waals surface area contributed by atoms with E-state index in [1.54, 1.807) is 0 Å². The average molecular weight is 281 g/mol. The molecular weight excluding hydrogens is 262 g/mol. The van der Waals surface area contributed by atoms with Crippen LogP contribution in [0.3, 0.4) is 0 Å². The van der Waals surface area contributed by atoms with Gasteiger partial charge in [0.25, 0.3) is 5.91 Å². The molecule has 2 aromatic carbocycles. The molecule has 2 aromatic rings. The quantitative estimate of drug-likeness (QED) is 0.864. The highest BCUT2D eigenvalue weighted by atomic mass is 16.5. The standard InChI is InChI=1S/C18H19NO2/c1-13-7-8-16(11-14(13)2)21-12-18(20)19-10-9-15-5-3-4-6-17(15)19/h3-8,11H,9-10,12H2,1-2H3. The zero-order valence-electron chi connectivity index (χ0n) is 12.4. The van der Waals surface area contributed by atoms with Crippen LogP contribution in [0.2, 0.25) is 0 Å². The molecule has 0 radical (unpaired) electrons. The summed E-state index contributed by atoms with van der Waals surface area (Å²) in [5, 5.41) is 0. The molecule has 0 spiro atoms. The summed E-state index contributed by atoms with van der Waals surface area (Å²) in [4.78, 5) is 14.2. The van der Waals surface area contributed by atoms with Crippen molar-refractivity contribution in [2.45, 2.75) is 20.3 Å². The Morgan fingerprint density at radius 3 is 2.76 bits per heavy atom. The van der Waals surface area contributed by atoms with Gasteiger partial charge < -0.3 is 9.64 Å². The van der Waals surface area contributed by atoms with Crippen molar-refractivity contribution in [1.82, 2.24) is 0 Å². The summed E-state index contributed by atoms with van der Waals surface area (Å²) in [5.74, 6) is 0.761. The van der Waals surface area contributed by atoms with Crippen LogP contribution < -0.4 is 9.64 Å². The van der Waals surface area contributed by atoms with Crippen molar-refractivity contribution in [3.8, 4) is 5.75 Å². The van der Waals surface area contributed by atoms with E-state index in [0.717, 1.165) is 24.4 Å². The second-order valence-corrected chi connectivity index (χ2v) is 5.46. The summed E-state index contributed by atoms with van der Waals surface area (Å²) in [6.45, 7) is 4.93. The van der Waals surface area contributed by atoms with Gasteiger partial charge in [0, 0.05) is 12.2 Å². The van der Waals surface area contributed by atoms with Crippen molar-refractivity contribution < 1.29 is 9.53 Å². The molecule has 1 aliphatic rings. The molecule has 0 aromatic heterocycles. The van der Waals surface area contributed by atoms with Crippen molar-refractivity contribution in [3.63, 3.8) is 0 Å². The molecule has 1 aliphatic heterocycles. The van der Waals surface area contributed by atoms with Gasteiger partial charge in [-0.15, -0.1) is 0 Å². The molecule has 3 nitrogen and oxygen atoms in total. The highest BCUT2D eigenvalue weighted by Crippen LogP contribution is 2.27. The van der Waals surface area contributed by atoms with Gasteiger partial charge in [0.1, 0.15) is 5.75 Å². The van der Waals surface area contributed by atoms with E-state index in [0.29, 0.717) is 0 Å². The predicted molar refractivity (Wildman–Crippen MR) is 83.9 cm³/mol. The Labute approximate surface area is 125 Å². The Hall–Kier alpha value is -2.29. The maximum absolute atomic E-state index is 12.3. The van der Waals surface area contributed by atoms with Gasteiger partial charge in [-0.25, -0.2) is 0 Å². The lowest BCUT2D eigenvalue weighted by molar-refractivity contribution is -0.120. The minimum Gasteiger partial charge on any atom is -0.484 e. The first-order valence-corrected chi connectivity index (χ1v) is 7.23. The molecule has 21 heavy (non-hydrogen) atoms. The Bertz CT molecular complexity index is 679. The largest absolute Gasteiger partial charge is 0.484 e. The van der Waals surface area contributed by atoms with Crippen LogP contribution in [-0.4, -0.2) is 19.1 Å². The van der Waals surface area contributed by atoms with Gasteiger partial charge in [0.15, 0.2) is 6.61 Å². The van der Waals surface area contributed by atoms with Crippen LogP contribution in [0.1, 0.15) is 16.7 Å². The highest BCUT2D eigenvalue weighted by molar-refractivity contribution is 5.96. The maximum atomic E-state index is 12.3. The first-order chi connectivity index (χ1) is 10.1. The van der Waals surface area contributed by atoms with E-state index in [2.05, 4.69) is 13.0 Å². The zero-order valence-corrected chi connectivity index (χ0v) is 12.4. The van der Waals surface area contributed by atoms with E-state index in [9.17, 15) is 4.79 Å². The van der Waals surface area contributed by atoms with Gasteiger partial charge in [-0.05, 0) is 55.2 Å². The van der Waals surface area contributed by atoms with Gasteiger partial charge in [-0.3, -0.25) is 4.79 Å². The average Bonchev–Trinajstić information content (AvgIpc) is 2.92. The molecule has 0 saturated heterocycles. The SMILES string of the molecule is Cc1ccc(OCC(=O)N2CCc3ccccc32)cc1C. The molecule has 0 unspecified atom stereocenters. The molecule has 0 fully saturated rings. The van der Waals surface area contributed by atoms with E-state index >= 15 is 0 Å². The Morgan fingerprint density at radius 1 is 1.14 bits per heavy atom. The summed E-state index contributed by atoms with van der Waals surface area (Å²) in [6, 6.07) is 13.9. The molecule has 0 aliphatic carbocycles. The number of carbonyl (C=O) groups excluding carboxylic acids is 1. The van der Waals surface area contributed by atoms with Gasteiger partial charge in [0.2, 0.25) is 0 Å². The summed E-state index contributed by atoms with van der Waals surface area (Å²) < 4.78 is 5.64. The van der Waals surface area contributed by atoms with Crippen LogP contribution in [0.15, 0.2) is 42.5 Å². The van der Waals surface area contributed by atoms with E-state index in [-0.39, 0.29) is 12.5 Å². The molecule has 0 N–H and O–H groups in total. The number of hydrogen-bond acceptors (Lipinski definition) is 2. The van der Waals surface area contributed by atoms with Crippen molar-refractivity contribution in [2.75, 3.05) is 18.1 Å². The van der Waals surface area contributed by atoms with Crippen LogP contribution in [0.25, 0.3) is 0 Å². The molecule has 1 heterocycles. The van der Waals surface area contributed by atoms with Crippen LogP contribution in [0, 0.1) is 13.8 Å². The van der Waals surface area contributed by atoms with E-state index in [1.165, 1.54) is 16.7 Å². The summed E-state index contributed by atoms with van der Waals surface area (Å²) >= 11 is 0. The Morgan fingerprint density at radius 2 is 1.95 bits per heavy atom. The predicted octanol–water partition coefficient (Wildman–Crippen LogP) is 3.27. The molecule has 1 amide bonds. The van der Waals surface area contributed by atoms with E-state index < -0.39 is 0 Å². The van der Waals surface area contributed by atoms with Crippen molar-refractivity contribution in [1.29, 1.82) is 0 Å². The van der Waals surface area contributed by atoms with Crippen molar-refractivity contribution >= 4 is 11.6 Å². The minimum atomic E-state index is 0.0122. The number of rotatable bonds is 3. The molecular formula is C18H19NO2. The Kier molecular flexibility index (Phi) is 3.65. The lowest BCUT2D eigenvalue weighted by atomic mass is 10.1. The maximum Gasteiger partial charge on any atom is 0.264 e. The number of fused-ring (bicyclic) bond motifs is 1. The topological polar surface area (TPSA) is 29.5 Å². The van der Waals surface area contributed by atoms with Gasteiger partial charge in [0.05, 0.1) is 0 Å². The first kappa shape index (κ1) is 13.7. The molecule has 3 rings (SSSR count). The first-order valence-electron chi connectivity index (χ1n) is 7.23. The second kappa shape index (κ2) is 5.60. The molecule has 108 valence electrons. The van der Waals surface area contributed by atoms with Crippen molar-refractivity contribution in [3.05, 3.63) is 59.2 Å². The van der Waals surface area contributed by atoms with Gasteiger partial charge >= 0.3 is 0 Å².